The van der Waals surface area contributed by atoms with Crippen LogP contribution in [0.4, 0.5) is 17.1 Å². The molecule has 0 aliphatic carbocycles. The molecule has 0 spiro atoms. The third-order valence-corrected chi connectivity index (χ3v) is 5.32. The van der Waals surface area contributed by atoms with E-state index in [1.165, 1.54) is 19.2 Å². The van der Waals surface area contributed by atoms with Crippen molar-refractivity contribution in [3.8, 4) is 17.2 Å². The number of nitrogens with zero attached hydrogens (tertiary/aromatic N) is 2. The molecule has 4 N–H and O–H groups in total. The summed E-state index contributed by atoms with van der Waals surface area (Å²) in [6.07, 6.45) is 0. The number of phenols is 1. The number of nitrogens with two attached hydrogens (primary N) is 1. The van der Waals surface area contributed by atoms with Crippen LogP contribution in [0, 0.1) is 0 Å². The molecule has 0 unspecified atom stereocenters. The number of amides is 2. The Bertz CT molecular complexity index is 1450. The molecule has 4 aromatic rings. The van der Waals surface area contributed by atoms with Crippen LogP contribution >= 0.6 is 0 Å². The highest BCUT2D eigenvalue weighted by atomic mass is 16.5. The number of nitrogens with one attached hydrogen (secondary N) is 1. The summed E-state index contributed by atoms with van der Waals surface area (Å²) in [4.78, 5) is 24.9. The molecule has 0 bridgehead atoms. The van der Waals surface area contributed by atoms with Gasteiger partial charge in [-0.25, -0.2) is 0 Å². The van der Waals surface area contributed by atoms with Crippen LogP contribution in [-0.4, -0.2) is 31.1 Å². The van der Waals surface area contributed by atoms with Crippen LogP contribution in [0.5, 0.6) is 17.2 Å². The van der Waals surface area contributed by atoms with E-state index in [2.05, 4.69) is 15.5 Å². The fourth-order valence-electron chi connectivity index (χ4n) is 3.50. The van der Waals surface area contributed by atoms with Crippen LogP contribution < -0.4 is 20.5 Å². The first kappa shape index (κ1) is 23.2. The number of primary amides is 1. The fourth-order valence-corrected chi connectivity index (χ4v) is 3.50. The number of anilines is 1. The molecular weight excluding hydrogens is 448 g/mol. The molecule has 0 aliphatic rings. The van der Waals surface area contributed by atoms with Crippen LogP contribution in [0.3, 0.4) is 0 Å². The van der Waals surface area contributed by atoms with Crippen molar-refractivity contribution < 1.29 is 24.2 Å². The highest BCUT2D eigenvalue weighted by Crippen LogP contribution is 2.40. The monoisotopic (exact) mass is 470 g/mol. The number of hydrogen-bond acceptors (Lipinski definition) is 7. The number of aromatic hydroxyl groups is 1. The van der Waals surface area contributed by atoms with E-state index in [4.69, 9.17) is 15.2 Å². The Balaban J connectivity index is 1.78. The number of hydrogen-bond donors (Lipinski definition) is 3. The van der Waals surface area contributed by atoms with E-state index < -0.39 is 11.8 Å². The number of fused-ring (bicyclic) bond motifs is 1. The molecule has 35 heavy (non-hydrogen) atoms. The van der Waals surface area contributed by atoms with Gasteiger partial charge in [0.05, 0.1) is 25.3 Å². The summed E-state index contributed by atoms with van der Waals surface area (Å²) in [5.41, 5.74) is 6.35. The van der Waals surface area contributed by atoms with Gasteiger partial charge in [0.15, 0.2) is 5.75 Å². The second-order valence-corrected chi connectivity index (χ2v) is 7.47. The molecule has 0 saturated heterocycles. The lowest BCUT2D eigenvalue weighted by Crippen LogP contribution is -2.12. The topological polar surface area (TPSA) is 136 Å². The molecule has 2 amide bonds. The molecule has 0 heterocycles. The second-order valence-electron chi connectivity index (χ2n) is 7.47. The van der Waals surface area contributed by atoms with Crippen molar-refractivity contribution in [2.75, 3.05) is 19.5 Å². The van der Waals surface area contributed by atoms with E-state index in [0.717, 1.165) is 0 Å². The first-order valence-corrected chi connectivity index (χ1v) is 10.5. The van der Waals surface area contributed by atoms with Crippen LogP contribution in [0.1, 0.15) is 20.7 Å². The van der Waals surface area contributed by atoms with Crippen LogP contribution in [-0.2, 0) is 0 Å². The third kappa shape index (κ3) is 4.88. The van der Waals surface area contributed by atoms with Gasteiger partial charge >= 0.3 is 0 Å². The number of rotatable bonds is 7. The molecule has 0 aliphatic heterocycles. The molecule has 0 fully saturated rings. The average molecular weight is 470 g/mol. The van der Waals surface area contributed by atoms with Gasteiger partial charge in [-0.1, -0.05) is 24.3 Å². The lowest BCUT2D eigenvalue weighted by Gasteiger charge is -2.12. The van der Waals surface area contributed by atoms with Crippen molar-refractivity contribution in [3.63, 3.8) is 0 Å². The molecule has 176 valence electrons. The molecular formula is C26H22N4O5. The Hall–Kier alpha value is -4.92. The quantitative estimate of drug-likeness (QED) is 0.314. The van der Waals surface area contributed by atoms with Gasteiger partial charge in [0.2, 0.25) is 0 Å². The van der Waals surface area contributed by atoms with Crippen molar-refractivity contribution >= 4 is 39.6 Å². The van der Waals surface area contributed by atoms with E-state index in [1.807, 2.05) is 0 Å². The summed E-state index contributed by atoms with van der Waals surface area (Å²) < 4.78 is 10.3. The Morgan fingerprint density at radius 3 is 2.23 bits per heavy atom. The minimum atomic E-state index is -0.691. The van der Waals surface area contributed by atoms with Gasteiger partial charge in [-0.15, -0.1) is 10.2 Å². The standard InChI is InChI=1S/C26H22N4O5/c1-34-17-9-7-16(8-10-17)28-26(33)21-13-15-5-3-4-6-19(15)23(24(21)31)30-29-22-14-18(35-2)11-12-20(22)25(27)32/h3-14,31H,1-2H3,(H2,27,32)(H,28,33). The first-order valence-electron chi connectivity index (χ1n) is 10.5. The molecule has 4 rings (SSSR count). The summed E-state index contributed by atoms with van der Waals surface area (Å²) in [6.45, 7) is 0. The summed E-state index contributed by atoms with van der Waals surface area (Å²) in [7, 11) is 3.03. The van der Waals surface area contributed by atoms with Crippen molar-refractivity contribution in [1.29, 1.82) is 0 Å². The number of carbonyl (C=O) groups excluding carboxylic acids is 2. The number of azo groups is 1. The van der Waals surface area contributed by atoms with Gasteiger partial charge in [0.25, 0.3) is 11.8 Å². The van der Waals surface area contributed by atoms with Crippen LogP contribution in [0.2, 0.25) is 0 Å². The van der Waals surface area contributed by atoms with E-state index >= 15 is 0 Å². The molecule has 4 aromatic carbocycles. The molecule has 9 heteroatoms. The van der Waals surface area contributed by atoms with Crippen molar-refractivity contribution in [3.05, 3.63) is 83.9 Å². The lowest BCUT2D eigenvalue weighted by atomic mass is 10.0. The largest absolute Gasteiger partial charge is 0.505 e. The Morgan fingerprint density at radius 1 is 0.857 bits per heavy atom. The van der Waals surface area contributed by atoms with Crippen LogP contribution in [0.25, 0.3) is 10.8 Å². The number of phenolic OH excluding ortho intramolecular Hbond substituents is 1. The van der Waals surface area contributed by atoms with Gasteiger partial charge in [0, 0.05) is 17.1 Å². The summed E-state index contributed by atoms with van der Waals surface area (Å²) >= 11 is 0. The zero-order valence-electron chi connectivity index (χ0n) is 19.0. The average Bonchev–Trinajstić information content (AvgIpc) is 2.87. The van der Waals surface area contributed by atoms with Gasteiger partial charge < -0.3 is 25.6 Å². The number of benzene rings is 4. The normalized spacial score (nSPS) is 10.9. The Morgan fingerprint density at radius 2 is 1.54 bits per heavy atom. The maximum atomic E-state index is 13.0. The van der Waals surface area contributed by atoms with E-state index in [9.17, 15) is 14.7 Å². The van der Waals surface area contributed by atoms with Gasteiger partial charge in [-0.3, -0.25) is 9.59 Å². The Kier molecular flexibility index (Phi) is 6.59. The Labute approximate surface area is 200 Å². The van der Waals surface area contributed by atoms with Gasteiger partial charge in [-0.2, -0.15) is 0 Å². The highest BCUT2D eigenvalue weighted by molar-refractivity contribution is 6.11. The third-order valence-electron chi connectivity index (χ3n) is 5.32. The first-order chi connectivity index (χ1) is 16.9. The van der Waals surface area contributed by atoms with Crippen molar-refractivity contribution in [2.24, 2.45) is 16.0 Å². The summed E-state index contributed by atoms with van der Waals surface area (Å²) in [5, 5.41) is 23.4. The predicted octanol–water partition coefficient (Wildman–Crippen LogP) is 5.33. The van der Waals surface area contributed by atoms with E-state index in [-0.39, 0.29) is 28.3 Å². The highest BCUT2D eigenvalue weighted by Gasteiger charge is 2.19. The maximum Gasteiger partial charge on any atom is 0.259 e. The van der Waals surface area contributed by atoms with Crippen molar-refractivity contribution in [2.45, 2.75) is 0 Å². The molecule has 0 radical (unpaired) electrons. The summed E-state index contributed by atoms with van der Waals surface area (Å²) in [6, 6.07) is 20.0. The smallest absolute Gasteiger partial charge is 0.259 e. The van der Waals surface area contributed by atoms with E-state index in [0.29, 0.717) is 28.0 Å². The number of carbonyl (C=O) groups is 2. The van der Waals surface area contributed by atoms with Crippen LogP contribution in [0.15, 0.2) is 83.0 Å². The minimum Gasteiger partial charge on any atom is -0.505 e. The molecule has 0 atom stereocenters. The van der Waals surface area contributed by atoms with Crippen molar-refractivity contribution in [1.82, 2.24) is 0 Å². The lowest BCUT2D eigenvalue weighted by molar-refractivity contribution is 0.0997. The number of ether oxygens (including phenoxy) is 2. The molecule has 0 saturated carbocycles. The van der Waals surface area contributed by atoms with E-state index in [1.54, 1.807) is 67.8 Å². The summed E-state index contributed by atoms with van der Waals surface area (Å²) in [5.74, 6) is -0.489. The maximum absolute atomic E-state index is 13.0. The predicted molar refractivity (Wildman–Crippen MR) is 132 cm³/mol. The zero-order chi connectivity index (χ0) is 24.9. The SMILES string of the molecule is COc1ccc(NC(=O)c2cc3ccccc3c(N=Nc3cc(OC)ccc3C(N)=O)c2O)cc1. The zero-order valence-corrected chi connectivity index (χ0v) is 19.0. The van der Waals surface area contributed by atoms with Gasteiger partial charge in [-0.05, 0) is 47.9 Å². The van der Waals surface area contributed by atoms with Gasteiger partial charge in [0.1, 0.15) is 22.9 Å². The molecule has 9 nitrogen and oxygen atoms in total. The fraction of sp³-hybridized carbons (Fsp3) is 0.0769. The minimum absolute atomic E-state index is 0.00855. The second kappa shape index (κ2) is 9.92. The number of methoxy groups -OCH3 is 2. The molecule has 0 aromatic heterocycles.